The summed E-state index contributed by atoms with van der Waals surface area (Å²) >= 11 is 0. The molecule has 1 heterocycles. The highest BCUT2D eigenvalue weighted by molar-refractivity contribution is 5.97. The largest absolute Gasteiger partial charge is 0.497 e. The fraction of sp³-hybridized carbons (Fsp3) is 0.118. The highest BCUT2D eigenvalue weighted by Crippen LogP contribution is 2.21. The standard InChI is InChI=1S/C17H16N4O3/c1-23-13-8-6-11(7-9-13)15-19-17(18)21(20-15)16(22)12-4-3-5-14(10-12)24-2/h3-10H,1-2H3,(H2,18,19,20). The van der Waals surface area contributed by atoms with Crippen LogP contribution in [0.2, 0.25) is 0 Å². The molecule has 1 aromatic heterocycles. The quantitative estimate of drug-likeness (QED) is 0.791. The van der Waals surface area contributed by atoms with Crippen LogP contribution in [0, 0.1) is 0 Å². The Hall–Kier alpha value is -3.35. The van der Waals surface area contributed by atoms with Crippen molar-refractivity contribution in [2.45, 2.75) is 0 Å². The highest BCUT2D eigenvalue weighted by atomic mass is 16.5. The van der Waals surface area contributed by atoms with E-state index in [0.29, 0.717) is 17.1 Å². The number of nitrogens with zero attached hydrogens (tertiary/aromatic N) is 3. The highest BCUT2D eigenvalue weighted by Gasteiger charge is 2.17. The van der Waals surface area contributed by atoms with Crippen molar-refractivity contribution in [1.82, 2.24) is 14.8 Å². The molecule has 2 N–H and O–H groups in total. The minimum Gasteiger partial charge on any atom is -0.497 e. The van der Waals surface area contributed by atoms with Gasteiger partial charge in [-0.15, -0.1) is 5.10 Å². The molecule has 0 aliphatic heterocycles. The Balaban J connectivity index is 1.94. The molecule has 0 atom stereocenters. The molecular formula is C17H16N4O3. The zero-order valence-corrected chi connectivity index (χ0v) is 13.3. The third-order valence-electron chi connectivity index (χ3n) is 3.49. The summed E-state index contributed by atoms with van der Waals surface area (Å²) in [5, 5.41) is 4.22. The molecule has 3 aromatic rings. The van der Waals surface area contributed by atoms with Crippen LogP contribution in [-0.2, 0) is 0 Å². The lowest BCUT2D eigenvalue weighted by molar-refractivity contribution is 0.0947. The smallest absolute Gasteiger partial charge is 0.281 e. The first kappa shape index (κ1) is 15.5. The number of carbonyl (C=O) groups is 1. The Bertz CT molecular complexity index is 872. The molecule has 24 heavy (non-hydrogen) atoms. The van der Waals surface area contributed by atoms with Crippen LogP contribution in [0.15, 0.2) is 48.5 Å². The molecule has 0 aliphatic rings. The molecule has 0 radical (unpaired) electrons. The molecule has 0 amide bonds. The summed E-state index contributed by atoms with van der Waals surface area (Å²) in [5.41, 5.74) is 7.00. The van der Waals surface area contributed by atoms with Gasteiger partial charge in [-0.2, -0.15) is 9.67 Å². The van der Waals surface area contributed by atoms with Crippen LogP contribution < -0.4 is 15.2 Å². The molecule has 7 heteroatoms. The second-order valence-corrected chi connectivity index (χ2v) is 4.97. The number of hydrogen-bond acceptors (Lipinski definition) is 6. The normalized spacial score (nSPS) is 10.4. The van der Waals surface area contributed by atoms with Crippen LogP contribution in [-0.4, -0.2) is 34.9 Å². The fourth-order valence-electron chi connectivity index (χ4n) is 2.21. The maximum Gasteiger partial charge on any atom is 0.281 e. The Morgan fingerprint density at radius 1 is 1.04 bits per heavy atom. The van der Waals surface area contributed by atoms with Gasteiger partial charge >= 0.3 is 0 Å². The van der Waals surface area contributed by atoms with Crippen LogP contribution in [0.4, 0.5) is 5.95 Å². The minimum absolute atomic E-state index is 0.0219. The lowest BCUT2D eigenvalue weighted by atomic mass is 10.2. The molecule has 0 aliphatic carbocycles. The van der Waals surface area contributed by atoms with E-state index in [2.05, 4.69) is 10.1 Å². The van der Waals surface area contributed by atoms with Gasteiger partial charge < -0.3 is 15.2 Å². The van der Waals surface area contributed by atoms with Gasteiger partial charge in [-0.1, -0.05) is 6.07 Å². The lowest BCUT2D eigenvalue weighted by Gasteiger charge is -2.04. The average molecular weight is 324 g/mol. The second kappa shape index (κ2) is 6.41. The van der Waals surface area contributed by atoms with Gasteiger partial charge in [0.15, 0.2) is 5.82 Å². The van der Waals surface area contributed by atoms with E-state index in [-0.39, 0.29) is 11.9 Å². The first-order valence-corrected chi connectivity index (χ1v) is 7.18. The van der Waals surface area contributed by atoms with E-state index in [1.807, 2.05) is 0 Å². The van der Waals surface area contributed by atoms with E-state index >= 15 is 0 Å². The number of carbonyl (C=O) groups excluding carboxylic acids is 1. The number of nitrogen functional groups attached to an aromatic ring is 1. The molecule has 2 aromatic carbocycles. The van der Waals surface area contributed by atoms with Crippen molar-refractivity contribution >= 4 is 11.9 Å². The predicted molar refractivity (Wildman–Crippen MR) is 89.1 cm³/mol. The van der Waals surface area contributed by atoms with Crippen molar-refractivity contribution < 1.29 is 14.3 Å². The summed E-state index contributed by atoms with van der Waals surface area (Å²) in [4.78, 5) is 16.7. The average Bonchev–Trinajstić information content (AvgIpc) is 3.03. The number of anilines is 1. The minimum atomic E-state index is -0.376. The molecule has 3 rings (SSSR count). The van der Waals surface area contributed by atoms with Gasteiger partial charge in [0.05, 0.1) is 14.2 Å². The van der Waals surface area contributed by atoms with E-state index in [9.17, 15) is 4.79 Å². The summed E-state index contributed by atoms with van der Waals surface area (Å²) in [6.07, 6.45) is 0. The van der Waals surface area contributed by atoms with Crippen molar-refractivity contribution in [3.05, 3.63) is 54.1 Å². The molecule has 0 saturated carbocycles. The van der Waals surface area contributed by atoms with Crippen LogP contribution in [0.5, 0.6) is 11.5 Å². The van der Waals surface area contributed by atoms with E-state index in [4.69, 9.17) is 15.2 Å². The van der Waals surface area contributed by atoms with Gasteiger partial charge in [0.2, 0.25) is 5.95 Å². The summed E-state index contributed by atoms with van der Waals surface area (Å²) in [6, 6.07) is 13.9. The van der Waals surface area contributed by atoms with Gasteiger partial charge in [-0.05, 0) is 42.5 Å². The number of rotatable bonds is 4. The summed E-state index contributed by atoms with van der Waals surface area (Å²) in [7, 11) is 3.13. The second-order valence-electron chi connectivity index (χ2n) is 4.97. The van der Waals surface area contributed by atoms with Crippen molar-refractivity contribution in [1.29, 1.82) is 0 Å². The number of aromatic nitrogens is 3. The lowest BCUT2D eigenvalue weighted by Crippen LogP contribution is -2.16. The topological polar surface area (TPSA) is 92.3 Å². The Morgan fingerprint density at radius 2 is 1.75 bits per heavy atom. The predicted octanol–water partition coefficient (Wildman–Crippen LogP) is 2.23. The molecule has 0 bridgehead atoms. The SMILES string of the molecule is COc1ccc(-c2nc(N)n(C(=O)c3cccc(OC)c3)n2)cc1. The molecule has 0 unspecified atom stereocenters. The first-order valence-electron chi connectivity index (χ1n) is 7.18. The van der Waals surface area contributed by atoms with Crippen LogP contribution >= 0.6 is 0 Å². The van der Waals surface area contributed by atoms with Crippen molar-refractivity contribution in [3.63, 3.8) is 0 Å². The van der Waals surface area contributed by atoms with Crippen LogP contribution in [0.3, 0.4) is 0 Å². The number of nitrogens with two attached hydrogens (primary N) is 1. The van der Waals surface area contributed by atoms with Crippen molar-refractivity contribution in [2.75, 3.05) is 20.0 Å². The fourth-order valence-corrected chi connectivity index (χ4v) is 2.21. The third-order valence-corrected chi connectivity index (χ3v) is 3.49. The molecule has 7 nitrogen and oxygen atoms in total. The van der Waals surface area contributed by atoms with Crippen LogP contribution in [0.25, 0.3) is 11.4 Å². The van der Waals surface area contributed by atoms with E-state index < -0.39 is 0 Å². The number of hydrogen-bond donors (Lipinski definition) is 1. The number of benzene rings is 2. The summed E-state index contributed by atoms with van der Waals surface area (Å²) in [6.45, 7) is 0. The molecule has 122 valence electrons. The monoisotopic (exact) mass is 324 g/mol. The molecule has 0 spiro atoms. The van der Waals surface area contributed by atoms with Crippen LogP contribution in [0.1, 0.15) is 10.4 Å². The maximum absolute atomic E-state index is 12.6. The van der Waals surface area contributed by atoms with E-state index in [1.165, 1.54) is 7.11 Å². The Morgan fingerprint density at radius 3 is 2.42 bits per heavy atom. The van der Waals surface area contributed by atoms with Gasteiger partial charge in [0.1, 0.15) is 11.5 Å². The molecule has 0 fully saturated rings. The number of methoxy groups -OCH3 is 2. The van der Waals surface area contributed by atoms with E-state index in [1.54, 1.807) is 55.6 Å². The summed E-state index contributed by atoms with van der Waals surface area (Å²) in [5.74, 6) is 1.31. The third kappa shape index (κ3) is 2.91. The van der Waals surface area contributed by atoms with Crippen molar-refractivity contribution in [3.8, 4) is 22.9 Å². The van der Waals surface area contributed by atoms with Gasteiger partial charge in [-0.25, -0.2) is 0 Å². The number of ether oxygens (including phenoxy) is 2. The Kier molecular flexibility index (Phi) is 4.15. The first-order chi connectivity index (χ1) is 11.6. The van der Waals surface area contributed by atoms with Gasteiger partial charge in [0, 0.05) is 11.1 Å². The summed E-state index contributed by atoms with van der Waals surface area (Å²) < 4.78 is 11.3. The molecular weight excluding hydrogens is 308 g/mol. The maximum atomic E-state index is 12.6. The zero-order valence-electron chi connectivity index (χ0n) is 13.3. The molecule has 0 saturated heterocycles. The van der Waals surface area contributed by atoms with Gasteiger partial charge in [-0.3, -0.25) is 4.79 Å². The van der Waals surface area contributed by atoms with Gasteiger partial charge in [0.25, 0.3) is 5.91 Å². The zero-order chi connectivity index (χ0) is 17.1. The van der Waals surface area contributed by atoms with E-state index in [0.717, 1.165) is 16.0 Å². The Labute approximate surface area is 138 Å². The van der Waals surface area contributed by atoms with Crippen molar-refractivity contribution in [2.24, 2.45) is 0 Å².